The number of aromatic nitrogens is 2. The van der Waals surface area contributed by atoms with Crippen molar-refractivity contribution in [3.8, 4) is 11.4 Å². The second-order valence-corrected chi connectivity index (χ2v) is 11.9. The number of hydrogen-bond acceptors (Lipinski definition) is 9. The number of carbonyl (C=O) groups excluding carboxylic acids is 2. The Morgan fingerprint density at radius 2 is 1.77 bits per heavy atom. The van der Waals surface area contributed by atoms with Crippen molar-refractivity contribution in [3.63, 3.8) is 0 Å². The van der Waals surface area contributed by atoms with Gasteiger partial charge in [-0.25, -0.2) is 4.79 Å². The van der Waals surface area contributed by atoms with Gasteiger partial charge >= 0.3 is 6.09 Å². The van der Waals surface area contributed by atoms with Crippen LogP contribution in [0, 0.1) is 5.41 Å². The summed E-state index contributed by atoms with van der Waals surface area (Å²) in [6.07, 6.45) is 3.45. The van der Waals surface area contributed by atoms with E-state index in [4.69, 9.17) is 19.4 Å². The maximum atomic E-state index is 12.2. The van der Waals surface area contributed by atoms with Gasteiger partial charge < -0.3 is 34.5 Å². The summed E-state index contributed by atoms with van der Waals surface area (Å²) in [5, 5.41) is 15.3. The first kappa shape index (κ1) is 30.1. The van der Waals surface area contributed by atoms with Crippen LogP contribution in [0.5, 0.6) is 0 Å². The van der Waals surface area contributed by atoms with Crippen LogP contribution >= 0.6 is 0 Å². The zero-order valence-electron chi connectivity index (χ0n) is 24.1. The van der Waals surface area contributed by atoms with E-state index in [0.29, 0.717) is 37.9 Å². The average molecular weight is 543 g/mol. The zero-order chi connectivity index (χ0) is 28.8. The van der Waals surface area contributed by atoms with E-state index in [1.165, 1.54) is 6.21 Å². The number of nitrogens with zero attached hydrogens (tertiary/aromatic N) is 4. The molecular formula is C28H42N6O5. The number of rotatable bonds is 6. The molecule has 0 atom stereocenters. The second kappa shape index (κ2) is 12.6. The molecule has 2 saturated heterocycles. The zero-order valence-corrected chi connectivity index (χ0v) is 24.1. The molecule has 11 heteroatoms. The highest BCUT2D eigenvalue weighted by Gasteiger charge is 2.34. The van der Waals surface area contributed by atoms with Crippen LogP contribution in [0.15, 0.2) is 22.7 Å². The maximum absolute atomic E-state index is 12.2. The Balaban J connectivity index is 0.000000631. The molecule has 2 N–H and O–H groups in total. The van der Waals surface area contributed by atoms with E-state index >= 15 is 0 Å². The van der Waals surface area contributed by atoms with Crippen molar-refractivity contribution in [2.45, 2.75) is 77.5 Å². The predicted molar refractivity (Wildman–Crippen MR) is 149 cm³/mol. The summed E-state index contributed by atoms with van der Waals surface area (Å²) in [6.45, 7) is 14.0. The maximum Gasteiger partial charge on any atom is 0.410 e. The third-order valence-electron chi connectivity index (χ3n) is 6.44. The molecule has 2 aromatic rings. The first-order valence-corrected chi connectivity index (χ1v) is 13.3. The number of anilines is 1. The normalized spacial score (nSPS) is 16.6. The first-order valence-electron chi connectivity index (χ1n) is 13.3. The molecule has 2 aliphatic rings. The van der Waals surface area contributed by atoms with Crippen molar-refractivity contribution in [1.82, 2.24) is 19.9 Å². The van der Waals surface area contributed by atoms with Gasteiger partial charge in [-0.3, -0.25) is 4.79 Å². The molecule has 0 spiro atoms. The molecule has 0 radical (unpaired) electrons. The molecular weight excluding hydrogens is 500 g/mol. The molecule has 3 heterocycles. The summed E-state index contributed by atoms with van der Waals surface area (Å²) in [6, 6.07) is 5.67. The van der Waals surface area contributed by atoms with E-state index in [1.807, 2.05) is 59.7 Å². The van der Waals surface area contributed by atoms with Crippen LogP contribution in [-0.2, 0) is 14.3 Å². The van der Waals surface area contributed by atoms with Crippen molar-refractivity contribution in [1.29, 1.82) is 5.41 Å². The second-order valence-electron chi connectivity index (χ2n) is 11.9. The molecule has 0 unspecified atom stereocenters. The highest BCUT2D eigenvalue weighted by atomic mass is 16.6. The number of benzene rings is 1. The predicted octanol–water partition coefficient (Wildman–Crippen LogP) is 4.53. The molecule has 2 amide bonds. The van der Waals surface area contributed by atoms with Gasteiger partial charge in [0.05, 0.1) is 11.6 Å². The Kier molecular flexibility index (Phi) is 9.71. The minimum Gasteiger partial charge on any atom is -0.444 e. The topological polar surface area (TPSA) is 134 Å². The molecule has 2 aliphatic heterocycles. The van der Waals surface area contributed by atoms with Crippen molar-refractivity contribution in [3.05, 3.63) is 29.7 Å². The van der Waals surface area contributed by atoms with Crippen LogP contribution in [0.25, 0.3) is 11.4 Å². The smallest absolute Gasteiger partial charge is 0.410 e. The molecule has 0 bridgehead atoms. The van der Waals surface area contributed by atoms with Gasteiger partial charge in [-0.15, -0.1) is 0 Å². The van der Waals surface area contributed by atoms with E-state index in [2.05, 4.69) is 15.5 Å². The van der Waals surface area contributed by atoms with Gasteiger partial charge in [0.2, 0.25) is 18.1 Å². The fourth-order valence-corrected chi connectivity index (χ4v) is 3.98. The van der Waals surface area contributed by atoms with Crippen LogP contribution in [0.2, 0.25) is 0 Å². The van der Waals surface area contributed by atoms with Crippen molar-refractivity contribution < 1.29 is 23.6 Å². The highest BCUT2D eigenvalue weighted by Crippen LogP contribution is 2.30. The van der Waals surface area contributed by atoms with Gasteiger partial charge in [0.1, 0.15) is 5.60 Å². The number of nitrogens with one attached hydrogen (secondary N) is 2. The van der Waals surface area contributed by atoms with E-state index in [-0.39, 0.29) is 23.7 Å². The molecule has 0 saturated carbocycles. The number of carbonyl (C=O) groups is 2. The fraction of sp³-hybridized carbons (Fsp3) is 0.607. The Bertz CT molecular complexity index is 1120. The standard InChI is InChI=1S/C23H30N6O4.C5H12O/c1-23(2,3)32-22(31)29-12-18(13-29)25-19-10-16(4-5-17(19)11-24)20-26-21(33-27-20)15-6-8-28(14-30)9-7-15;1-5(2,3)6-4/h4-5,10-11,14-15,18,24-25H,6-9,12-13H2,1-3H3;1-4H3. The van der Waals surface area contributed by atoms with E-state index in [0.717, 1.165) is 36.1 Å². The Morgan fingerprint density at radius 1 is 1.13 bits per heavy atom. The Hall–Kier alpha value is -3.47. The molecule has 1 aromatic carbocycles. The lowest BCUT2D eigenvalue weighted by Gasteiger charge is -2.40. The monoisotopic (exact) mass is 542 g/mol. The molecule has 11 nitrogen and oxygen atoms in total. The van der Waals surface area contributed by atoms with Gasteiger partial charge in [0.15, 0.2) is 0 Å². The third-order valence-corrected chi connectivity index (χ3v) is 6.44. The Labute approximate surface area is 230 Å². The molecule has 39 heavy (non-hydrogen) atoms. The van der Waals surface area contributed by atoms with E-state index in [9.17, 15) is 9.59 Å². The molecule has 4 rings (SSSR count). The number of piperidine rings is 1. The van der Waals surface area contributed by atoms with Gasteiger partial charge in [0.25, 0.3) is 0 Å². The van der Waals surface area contributed by atoms with Crippen molar-refractivity contribution in [2.24, 2.45) is 0 Å². The summed E-state index contributed by atoms with van der Waals surface area (Å²) in [4.78, 5) is 31.1. The van der Waals surface area contributed by atoms with Crippen LogP contribution in [0.1, 0.15) is 71.8 Å². The summed E-state index contributed by atoms with van der Waals surface area (Å²) in [5.74, 6) is 1.23. The number of ether oxygens (including phenoxy) is 2. The lowest BCUT2D eigenvalue weighted by Crippen LogP contribution is -2.58. The van der Waals surface area contributed by atoms with Gasteiger partial charge in [-0.1, -0.05) is 17.3 Å². The highest BCUT2D eigenvalue weighted by molar-refractivity contribution is 5.87. The summed E-state index contributed by atoms with van der Waals surface area (Å²) >= 11 is 0. The summed E-state index contributed by atoms with van der Waals surface area (Å²) in [5.41, 5.74) is 1.82. The van der Waals surface area contributed by atoms with Crippen molar-refractivity contribution in [2.75, 3.05) is 38.6 Å². The van der Waals surface area contributed by atoms with Crippen LogP contribution in [0.4, 0.5) is 10.5 Å². The quantitative estimate of drug-likeness (QED) is 0.402. The van der Waals surface area contributed by atoms with Gasteiger partial charge in [0, 0.05) is 62.2 Å². The Morgan fingerprint density at radius 3 is 2.31 bits per heavy atom. The number of amides is 2. The molecule has 214 valence electrons. The van der Waals surface area contributed by atoms with Crippen LogP contribution in [0.3, 0.4) is 0 Å². The van der Waals surface area contributed by atoms with E-state index < -0.39 is 5.60 Å². The summed E-state index contributed by atoms with van der Waals surface area (Å²) < 4.78 is 15.9. The van der Waals surface area contributed by atoms with E-state index in [1.54, 1.807) is 16.9 Å². The van der Waals surface area contributed by atoms with Crippen LogP contribution in [-0.4, -0.2) is 89.2 Å². The third kappa shape index (κ3) is 8.77. The van der Waals surface area contributed by atoms with Crippen LogP contribution < -0.4 is 5.32 Å². The van der Waals surface area contributed by atoms with Gasteiger partial charge in [-0.05, 0) is 60.5 Å². The number of hydrogen-bond donors (Lipinski definition) is 2. The lowest BCUT2D eigenvalue weighted by molar-refractivity contribution is -0.119. The average Bonchev–Trinajstić information content (AvgIpc) is 3.35. The van der Waals surface area contributed by atoms with Gasteiger partial charge in [-0.2, -0.15) is 4.98 Å². The SMILES string of the molecule is CC(C)(C)OC(=O)N1CC(Nc2cc(-c3noc(C4CCN(C=O)CC4)n3)ccc2C=N)C1.COC(C)(C)C. The molecule has 0 aliphatic carbocycles. The molecule has 1 aromatic heterocycles. The minimum atomic E-state index is -0.522. The van der Waals surface area contributed by atoms with Crippen molar-refractivity contribution >= 4 is 24.4 Å². The largest absolute Gasteiger partial charge is 0.444 e. The minimum absolute atomic E-state index is 0.0417. The summed E-state index contributed by atoms with van der Waals surface area (Å²) in [7, 11) is 1.71. The number of likely N-dealkylation sites (tertiary alicyclic amines) is 2. The lowest BCUT2D eigenvalue weighted by atomic mass is 9.97. The first-order chi connectivity index (χ1) is 18.3. The fourth-order valence-electron chi connectivity index (χ4n) is 3.98. The number of methoxy groups -OCH3 is 1. The molecule has 2 fully saturated rings.